The molecule has 0 spiro atoms. The Morgan fingerprint density at radius 3 is 2.69 bits per heavy atom. The molecule has 0 saturated heterocycles. The molecule has 29 heavy (non-hydrogen) atoms. The van der Waals surface area contributed by atoms with E-state index >= 15 is 0 Å². The van der Waals surface area contributed by atoms with Crippen molar-refractivity contribution in [2.75, 3.05) is 19.5 Å². The summed E-state index contributed by atoms with van der Waals surface area (Å²) in [5.74, 6) is 1.36. The van der Waals surface area contributed by atoms with Gasteiger partial charge in [0.25, 0.3) is 0 Å². The minimum Gasteiger partial charge on any atom is -0.497 e. The number of fused-ring (bicyclic) bond motifs is 1. The van der Waals surface area contributed by atoms with E-state index in [2.05, 4.69) is 9.97 Å². The van der Waals surface area contributed by atoms with Crippen LogP contribution in [0.2, 0.25) is 0 Å². The molecular formula is C21H21FN4O2S. The Morgan fingerprint density at radius 1 is 1.17 bits per heavy atom. The molecule has 6 nitrogen and oxygen atoms in total. The van der Waals surface area contributed by atoms with Crippen LogP contribution in [-0.4, -0.2) is 33.4 Å². The first-order valence-corrected chi connectivity index (χ1v) is 10.00. The largest absolute Gasteiger partial charge is 0.497 e. The van der Waals surface area contributed by atoms with E-state index < -0.39 is 0 Å². The number of halogens is 1. The van der Waals surface area contributed by atoms with Gasteiger partial charge in [-0.2, -0.15) is 0 Å². The average Bonchev–Trinajstić information content (AvgIpc) is 3.32. The molecular weight excluding hydrogens is 391 g/mol. The summed E-state index contributed by atoms with van der Waals surface area (Å²) >= 11 is 1.45. The van der Waals surface area contributed by atoms with Gasteiger partial charge in [-0.25, -0.2) is 14.4 Å². The lowest BCUT2D eigenvalue weighted by Gasteiger charge is -2.04. The van der Waals surface area contributed by atoms with Gasteiger partial charge in [0.2, 0.25) is 0 Å². The van der Waals surface area contributed by atoms with Gasteiger partial charge in [-0.15, -0.1) is 11.3 Å². The van der Waals surface area contributed by atoms with E-state index in [1.54, 1.807) is 12.1 Å². The fraction of sp³-hybridized carbons (Fsp3) is 0.238. The molecule has 8 heteroatoms. The number of aromatic nitrogens is 3. The molecule has 4 rings (SSSR count). The number of nitrogens with zero attached hydrogens (tertiary/aromatic N) is 3. The van der Waals surface area contributed by atoms with E-state index in [1.165, 1.54) is 24.5 Å². The molecule has 0 amide bonds. The Morgan fingerprint density at radius 2 is 1.97 bits per heavy atom. The normalized spacial score (nSPS) is 11.3. The molecule has 0 aliphatic rings. The first kappa shape index (κ1) is 19.4. The number of aryl methyl sites for hydroxylation is 2. The summed E-state index contributed by atoms with van der Waals surface area (Å²) in [6.07, 6.45) is 1.30. The number of rotatable bonds is 6. The van der Waals surface area contributed by atoms with Crippen LogP contribution < -0.4 is 10.5 Å². The smallest absolute Gasteiger partial charge is 0.152 e. The monoisotopic (exact) mass is 412 g/mol. The van der Waals surface area contributed by atoms with E-state index in [9.17, 15) is 4.39 Å². The highest BCUT2D eigenvalue weighted by Crippen LogP contribution is 2.37. The average molecular weight is 412 g/mol. The van der Waals surface area contributed by atoms with E-state index in [0.717, 1.165) is 26.8 Å². The molecule has 1 aromatic carbocycles. The van der Waals surface area contributed by atoms with Crippen molar-refractivity contribution in [2.45, 2.75) is 12.8 Å². The van der Waals surface area contributed by atoms with Crippen molar-refractivity contribution < 1.29 is 14.2 Å². The van der Waals surface area contributed by atoms with Gasteiger partial charge in [-0.3, -0.25) is 0 Å². The van der Waals surface area contributed by atoms with Crippen molar-refractivity contribution in [3.05, 3.63) is 48.0 Å². The maximum Gasteiger partial charge on any atom is 0.152 e. The number of ether oxygens (including phenoxy) is 1. The second kappa shape index (κ2) is 7.81. The van der Waals surface area contributed by atoms with Crippen LogP contribution >= 0.6 is 11.3 Å². The number of imidazole rings is 1. The summed E-state index contributed by atoms with van der Waals surface area (Å²) in [7, 11) is 3.44. The topological polar surface area (TPSA) is 86.2 Å². The number of aliphatic hydroxyl groups is 1. The zero-order valence-electron chi connectivity index (χ0n) is 16.1. The van der Waals surface area contributed by atoms with E-state index in [-0.39, 0.29) is 12.4 Å². The summed E-state index contributed by atoms with van der Waals surface area (Å²) in [5, 5.41) is 9.08. The lowest BCUT2D eigenvalue weighted by atomic mass is 10.1. The molecule has 3 heterocycles. The number of nitrogens with two attached hydrogens (primary N) is 1. The molecule has 0 fully saturated rings. The van der Waals surface area contributed by atoms with Crippen LogP contribution in [-0.2, 0) is 13.5 Å². The molecule has 3 aromatic heterocycles. The minimum atomic E-state index is -0.333. The predicted octanol–water partition coefficient (Wildman–Crippen LogP) is 4.02. The number of thiophene rings is 1. The van der Waals surface area contributed by atoms with Crippen LogP contribution in [0, 0.1) is 5.82 Å². The van der Waals surface area contributed by atoms with E-state index in [0.29, 0.717) is 35.5 Å². The van der Waals surface area contributed by atoms with Gasteiger partial charge in [-0.05, 0) is 36.8 Å². The van der Waals surface area contributed by atoms with Crippen LogP contribution in [0.4, 0.5) is 10.2 Å². The van der Waals surface area contributed by atoms with Crippen LogP contribution in [0.25, 0.3) is 32.0 Å². The molecule has 0 radical (unpaired) electrons. The number of pyridine rings is 1. The van der Waals surface area contributed by atoms with Gasteiger partial charge in [-0.1, -0.05) is 0 Å². The molecule has 3 N–H and O–H groups in total. The number of hydrogen-bond acceptors (Lipinski definition) is 6. The predicted molar refractivity (Wildman–Crippen MR) is 114 cm³/mol. The molecule has 0 aliphatic carbocycles. The van der Waals surface area contributed by atoms with E-state index in [1.807, 2.05) is 29.8 Å². The summed E-state index contributed by atoms with van der Waals surface area (Å²) in [4.78, 5) is 10.8. The zero-order valence-corrected chi connectivity index (χ0v) is 17.0. The van der Waals surface area contributed by atoms with E-state index in [4.69, 9.17) is 15.6 Å². The Kier molecular flexibility index (Phi) is 5.21. The molecule has 0 atom stereocenters. The van der Waals surface area contributed by atoms with Gasteiger partial charge in [0, 0.05) is 36.6 Å². The van der Waals surface area contributed by atoms with Crippen molar-refractivity contribution in [2.24, 2.45) is 7.05 Å². The fourth-order valence-corrected chi connectivity index (χ4v) is 4.28. The van der Waals surface area contributed by atoms with Crippen molar-refractivity contribution in [3.63, 3.8) is 0 Å². The first-order chi connectivity index (χ1) is 14.0. The van der Waals surface area contributed by atoms with Crippen molar-refractivity contribution in [3.8, 4) is 26.8 Å². The quantitative estimate of drug-likeness (QED) is 0.500. The number of methoxy groups -OCH3 is 1. The fourth-order valence-electron chi connectivity index (χ4n) is 3.29. The summed E-state index contributed by atoms with van der Waals surface area (Å²) in [6.45, 7) is 0.113. The standard InChI is InChI=1S/C21H21FN4O2S/c1-26-16-11-15(24-21(23)20(16)25-19(26)4-3-9-27)18-8-7-17(29-18)13-6-5-12(28-2)10-14(13)22/h5-8,10-11,27H,3-4,9H2,1-2H3,(H2,23,24). The summed E-state index contributed by atoms with van der Waals surface area (Å²) < 4.78 is 21.5. The second-order valence-electron chi connectivity index (χ2n) is 6.68. The Hall–Kier alpha value is -2.97. The highest BCUT2D eigenvalue weighted by atomic mass is 32.1. The van der Waals surface area contributed by atoms with Crippen LogP contribution in [0.3, 0.4) is 0 Å². The van der Waals surface area contributed by atoms with Crippen molar-refractivity contribution in [1.29, 1.82) is 0 Å². The first-order valence-electron chi connectivity index (χ1n) is 9.18. The SMILES string of the molecule is COc1ccc(-c2ccc(-c3cc4c(nc(CCCO)n4C)c(N)n3)s2)c(F)c1. The molecule has 0 unspecified atom stereocenters. The third-order valence-corrected chi connectivity index (χ3v) is 5.99. The number of aliphatic hydroxyl groups excluding tert-OH is 1. The van der Waals surface area contributed by atoms with Crippen molar-refractivity contribution in [1.82, 2.24) is 14.5 Å². The van der Waals surface area contributed by atoms with Gasteiger partial charge in [0.05, 0.1) is 23.2 Å². The van der Waals surface area contributed by atoms with Gasteiger partial charge < -0.3 is 20.1 Å². The molecule has 0 bridgehead atoms. The van der Waals surface area contributed by atoms with Crippen LogP contribution in [0.1, 0.15) is 12.2 Å². The third-order valence-electron chi connectivity index (χ3n) is 4.85. The maximum absolute atomic E-state index is 14.4. The summed E-state index contributed by atoms with van der Waals surface area (Å²) in [5.41, 5.74) is 8.94. The highest BCUT2D eigenvalue weighted by molar-refractivity contribution is 7.18. The Balaban J connectivity index is 1.73. The number of hydrogen-bond donors (Lipinski definition) is 2. The number of nitrogen functional groups attached to an aromatic ring is 1. The van der Waals surface area contributed by atoms with Crippen LogP contribution in [0.5, 0.6) is 5.75 Å². The Labute approximate surface area is 171 Å². The highest BCUT2D eigenvalue weighted by Gasteiger charge is 2.16. The number of benzene rings is 1. The summed E-state index contributed by atoms with van der Waals surface area (Å²) in [6, 6.07) is 10.6. The lowest BCUT2D eigenvalue weighted by Crippen LogP contribution is -1.99. The molecule has 4 aromatic rings. The molecule has 0 aliphatic heterocycles. The lowest BCUT2D eigenvalue weighted by molar-refractivity contribution is 0.287. The minimum absolute atomic E-state index is 0.113. The maximum atomic E-state index is 14.4. The molecule has 150 valence electrons. The second-order valence-corrected chi connectivity index (χ2v) is 7.77. The molecule has 0 saturated carbocycles. The van der Waals surface area contributed by atoms with Gasteiger partial charge >= 0.3 is 0 Å². The van der Waals surface area contributed by atoms with Crippen LogP contribution in [0.15, 0.2) is 36.4 Å². The Bertz CT molecular complexity index is 1190. The van der Waals surface area contributed by atoms with Gasteiger partial charge in [0.1, 0.15) is 22.9 Å². The third kappa shape index (κ3) is 3.56. The number of anilines is 1. The van der Waals surface area contributed by atoms with Gasteiger partial charge in [0.15, 0.2) is 5.82 Å². The van der Waals surface area contributed by atoms with Crippen molar-refractivity contribution >= 4 is 28.2 Å². The zero-order chi connectivity index (χ0) is 20.5.